The van der Waals surface area contributed by atoms with Gasteiger partial charge in [0.25, 0.3) is 0 Å². The monoisotopic (exact) mass is 291 g/mol. The SMILES string of the molecule is Cn1cncc1-c1cc(-c2cccnc2)cc2nc(N)nn12. The predicted octanol–water partition coefficient (Wildman–Crippen LogP) is 1.77. The Kier molecular flexibility index (Phi) is 2.65. The zero-order chi connectivity index (χ0) is 15.1. The number of aryl methyl sites for hydroxylation is 1. The smallest absolute Gasteiger partial charge is 0.240 e. The van der Waals surface area contributed by atoms with Gasteiger partial charge in [-0.3, -0.25) is 4.98 Å². The van der Waals surface area contributed by atoms with Gasteiger partial charge in [-0.15, -0.1) is 5.10 Å². The average molecular weight is 291 g/mol. The lowest BCUT2D eigenvalue weighted by molar-refractivity contribution is 0.894. The van der Waals surface area contributed by atoms with Crippen LogP contribution in [0.3, 0.4) is 0 Å². The van der Waals surface area contributed by atoms with E-state index >= 15 is 0 Å². The molecule has 0 amide bonds. The van der Waals surface area contributed by atoms with Crippen LogP contribution < -0.4 is 5.73 Å². The first-order valence-electron chi connectivity index (χ1n) is 6.76. The summed E-state index contributed by atoms with van der Waals surface area (Å²) in [6, 6.07) is 7.89. The van der Waals surface area contributed by atoms with E-state index in [-0.39, 0.29) is 5.95 Å². The number of nitrogens with zero attached hydrogens (tertiary/aromatic N) is 6. The lowest BCUT2D eigenvalue weighted by Gasteiger charge is -2.08. The van der Waals surface area contributed by atoms with Gasteiger partial charge in [0.1, 0.15) is 0 Å². The molecule has 0 saturated carbocycles. The second kappa shape index (κ2) is 4.66. The number of nitrogens with two attached hydrogens (primary N) is 1. The Morgan fingerprint density at radius 3 is 2.68 bits per heavy atom. The predicted molar refractivity (Wildman–Crippen MR) is 82.8 cm³/mol. The van der Waals surface area contributed by atoms with Crippen LogP contribution in [0, 0.1) is 0 Å². The van der Waals surface area contributed by atoms with Gasteiger partial charge in [-0.05, 0) is 23.8 Å². The van der Waals surface area contributed by atoms with E-state index in [4.69, 9.17) is 5.73 Å². The zero-order valence-electron chi connectivity index (χ0n) is 11.9. The van der Waals surface area contributed by atoms with Crippen LogP contribution in [0.1, 0.15) is 0 Å². The summed E-state index contributed by atoms with van der Waals surface area (Å²) in [5.41, 5.74) is 10.3. The fourth-order valence-electron chi connectivity index (χ4n) is 2.49. The van der Waals surface area contributed by atoms with Gasteiger partial charge in [0, 0.05) is 25.0 Å². The molecule has 22 heavy (non-hydrogen) atoms. The Labute approximate surface area is 126 Å². The van der Waals surface area contributed by atoms with Crippen LogP contribution >= 0.6 is 0 Å². The molecule has 0 aliphatic carbocycles. The number of hydrogen-bond acceptors (Lipinski definition) is 5. The van der Waals surface area contributed by atoms with Gasteiger partial charge in [-0.1, -0.05) is 6.07 Å². The summed E-state index contributed by atoms with van der Waals surface area (Å²) in [5.74, 6) is 0.242. The first-order chi connectivity index (χ1) is 10.7. The quantitative estimate of drug-likeness (QED) is 0.608. The van der Waals surface area contributed by atoms with E-state index in [9.17, 15) is 0 Å². The second-order valence-electron chi connectivity index (χ2n) is 5.00. The number of hydrogen-bond donors (Lipinski definition) is 1. The molecule has 0 aliphatic rings. The van der Waals surface area contributed by atoms with Crippen molar-refractivity contribution >= 4 is 11.6 Å². The molecule has 0 saturated heterocycles. The summed E-state index contributed by atoms with van der Waals surface area (Å²) >= 11 is 0. The number of anilines is 1. The van der Waals surface area contributed by atoms with Crippen molar-refractivity contribution in [3.05, 3.63) is 49.2 Å². The average Bonchev–Trinajstić information content (AvgIpc) is 3.11. The van der Waals surface area contributed by atoms with Gasteiger partial charge >= 0.3 is 0 Å². The van der Waals surface area contributed by atoms with Crippen LogP contribution in [0.25, 0.3) is 28.2 Å². The number of fused-ring (bicyclic) bond motifs is 1. The third kappa shape index (κ3) is 1.91. The first-order valence-corrected chi connectivity index (χ1v) is 6.76. The molecular weight excluding hydrogens is 278 g/mol. The minimum atomic E-state index is 0.242. The van der Waals surface area contributed by atoms with Crippen LogP contribution in [0.4, 0.5) is 5.95 Å². The van der Waals surface area contributed by atoms with E-state index in [1.165, 1.54) is 0 Å². The van der Waals surface area contributed by atoms with Crippen molar-refractivity contribution in [3.63, 3.8) is 0 Å². The molecule has 0 aromatic carbocycles. The zero-order valence-corrected chi connectivity index (χ0v) is 11.9. The molecule has 4 aromatic heterocycles. The van der Waals surface area contributed by atoms with E-state index < -0.39 is 0 Å². The Bertz CT molecular complexity index is 953. The molecule has 0 spiro atoms. The van der Waals surface area contributed by atoms with E-state index in [1.807, 2.05) is 42.1 Å². The van der Waals surface area contributed by atoms with Crippen LogP contribution in [-0.4, -0.2) is 29.1 Å². The maximum atomic E-state index is 5.76. The Morgan fingerprint density at radius 2 is 1.95 bits per heavy atom. The van der Waals surface area contributed by atoms with Crippen molar-refractivity contribution in [2.75, 3.05) is 5.73 Å². The molecule has 108 valence electrons. The number of rotatable bonds is 2. The maximum absolute atomic E-state index is 5.76. The van der Waals surface area contributed by atoms with E-state index in [1.54, 1.807) is 23.2 Å². The van der Waals surface area contributed by atoms with Crippen LogP contribution in [0.2, 0.25) is 0 Å². The van der Waals surface area contributed by atoms with Gasteiger partial charge in [0.2, 0.25) is 5.95 Å². The minimum absolute atomic E-state index is 0.242. The molecule has 0 bridgehead atoms. The first kappa shape index (κ1) is 12.5. The summed E-state index contributed by atoms with van der Waals surface area (Å²) in [5, 5.41) is 4.27. The summed E-state index contributed by atoms with van der Waals surface area (Å²) in [6.07, 6.45) is 7.11. The topological polar surface area (TPSA) is 86.9 Å². The molecule has 4 rings (SSSR count). The van der Waals surface area contributed by atoms with Crippen LogP contribution in [0.5, 0.6) is 0 Å². The standard InChI is InChI=1S/C15H13N7/c1-21-9-18-8-13(21)12-5-11(10-3-2-4-17-7-10)6-14-19-15(16)20-22(12)14/h2-9H,1H3,(H2,16,20). The van der Waals surface area contributed by atoms with Crippen molar-refractivity contribution in [2.45, 2.75) is 0 Å². The molecule has 4 aromatic rings. The van der Waals surface area contributed by atoms with Crippen molar-refractivity contribution < 1.29 is 0 Å². The summed E-state index contributed by atoms with van der Waals surface area (Å²) in [7, 11) is 1.94. The van der Waals surface area contributed by atoms with E-state index in [2.05, 4.69) is 20.1 Å². The summed E-state index contributed by atoms with van der Waals surface area (Å²) in [6.45, 7) is 0. The second-order valence-corrected chi connectivity index (χ2v) is 5.00. The van der Waals surface area contributed by atoms with Crippen molar-refractivity contribution in [1.82, 2.24) is 29.1 Å². The van der Waals surface area contributed by atoms with Gasteiger partial charge in [0.15, 0.2) is 5.65 Å². The Morgan fingerprint density at radius 1 is 1.05 bits per heavy atom. The molecule has 0 radical (unpaired) electrons. The molecular formula is C15H13N7. The lowest BCUT2D eigenvalue weighted by Crippen LogP contribution is -1.99. The van der Waals surface area contributed by atoms with E-state index in [0.717, 1.165) is 22.5 Å². The van der Waals surface area contributed by atoms with Crippen molar-refractivity contribution in [2.24, 2.45) is 7.05 Å². The molecule has 0 atom stereocenters. The van der Waals surface area contributed by atoms with Gasteiger partial charge < -0.3 is 10.3 Å². The van der Waals surface area contributed by atoms with Crippen LogP contribution in [0.15, 0.2) is 49.2 Å². The highest BCUT2D eigenvalue weighted by Gasteiger charge is 2.13. The normalized spacial score (nSPS) is 11.1. The third-order valence-corrected chi connectivity index (χ3v) is 3.53. The Hall–Kier alpha value is -3.22. The Balaban J connectivity index is 2.04. The number of nitrogen functional groups attached to an aromatic ring is 1. The van der Waals surface area contributed by atoms with Gasteiger partial charge in [-0.2, -0.15) is 4.98 Å². The fraction of sp³-hybridized carbons (Fsp3) is 0.0667. The van der Waals surface area contributed by atoms with Crippen LogP contribution in [-0.2, 0) is 7.05 Å². The fourth-order valence-corrected chi connectivity index (χ4v) is 2.49. The molecule has 2 N–H and O–H groups in total. The lowest BCUT2D eigenvalue weighted by atomic mass is 10.1. The summed E-state index contributed by atoms with van der Waals surface area (Å²) < 4.78 is 3.66. The maximum Gasteiger partial charge on any atom is 0.240 e. The molecule has 0 fully saturated rings. The summed E-state index contributed by atoms with van der Waals surface area (Å²) in [4.78, 5) is 12.6. The number of imidazole rings is 1. The van der Waals surface area contributed by atoms with Gasteiger partial charge in [0.05, 0.1) is 23.9 Å². The van der Waals surface area contributed by atoms with Crippen molar-refractivity contribution in [1.29, 1.82) is 0 Å². The molecule has 7 nitrogen and oxygen atoms in total. The molecule has 4 heterocycles. The highest BCUT2D eigenvalue weighted by molar-refractivity contribution is 5.73. The number of aromatic nitrogens is 6. The van der Waals surface area contributed by atoms with Crippen molar-refractivity contribution in [3.8, 4) is 22.5 Å². The highest BCUT2D eigenvalue weighted by atomic mass is 15.3. The molecule has 0 aliphatic heterocycles. The minimum Gasteiger partial charge on any atom is -0.366 e. The van der Waals surface area contributed by atoms with E-state index in [0.29, 0.717) is 5.65 Å². The third-order valence-electron chi connectivity index (χ3n) is 3.53. The molecule has 0 unspecified atom stereocenters. The largest absolute Gasteiger partial charge is 0.366 e. The molecule has 7 heteroatoms. The van der Waals surface area contributed by atoms with Gasteiger partial charge in [-0.25, -0.2) is 9.50 Å². The number of pyridine rings is 2. The highest BCUT2D eigenvalue weighted by Crippen LogP contribution is 2.27.